The molecule has 1 aromatic heterocycles. The molecule has 144 valence electrons. The number of anilines is 1. The fourth-order valence-corrected chi connectivity index (χ4v) is 4.53. The second-order valence-corrected chi connectivity index (χ2v) is 8.33. The predicted octanol–water partition coefficient (Wildman–Crippen LogP) is 2.80. The van der Waals surface area contributed by atoms with E-state index in [0.29, 0.717) is 24.3 Å². The Morgan fingerprint density at radius 3 is 2.54 bits per heavy atom. The highest BCUT2D eigenvalue weighted by molar-refractivity contribution is 7.89. The van der Waals surface area contributed by atoms with Crippen LogP contribution in [0.4, 0.5) is 5.69 Å². The van der Waals surface area contributed by atoms with E-state index >= 15 is 0 Å². The van der Waals surface area contributed by atoms with Crippen LogP contribution in [0.15, 0.2) is 59.3 Å². The zero-order valence-electron chi connectivity index (χ0n) is 15.2. The van der Waals surface area contributed by atoms with Gasteiger partial charge in [0.25, 0.3) is 5.91 Å². The first-order valence-electron chi connectivity index (χ1n) is 8.94. The zero-order valence-corrected chi connectivity index (χ0v) is 16.0. The minimum atomic E-state index is -3.60. The van der Waals surface area contributed by atoms with Crippen LogP contribution < -0.4 is 5.32 Å². The van der Waals surface area contributed by atoms with Crippen molar-refractivity contribution in [2.45, 2.75) is 24.2 Å². The van der Waals surface area contributed by atoms with E-state index in [1.807, 2.05) is 6.07 Å². The third-order valence-corrected chi connectivity index (χ3v) is 6.32. The van der Waals surface area contributed by atoms with Crippen LogP contribution in [0.1, 0.15) is 24.8 Å². The third kappa shape index (κ3) is 4.63. The SMILES string of the molecule is N#CC(=Cc1ccncc1)C(=O)Nc1cccc(S(=O)(=O)N2CCCCC2)c1. The molecule has 28 heavy (non-hydrogen) atoms. The number of carbonyl (C=O) groups excluding carboxylic acids is 1. The Balaban J connectivity index is 1.79. The van der Waals surface area contributed by atoms with Gasteiger partial charge in [0, 0.05) is 31.2 Å². The molecule has 0 radical (unpaired) electrons. The fraction of sp³-hybridized carbons (Fsp3) is 0.250. The second kappa shape index (κ2) is 8.78. The van der Waals surface area contributed by atoms with E-state index in [1.54, 1.807) is 36.7 Å². The number of benzene rings is 1. The predicted molar refractivity (Wildman–Crippen MR) is 106 cm³/mol. The highest BCUT2D eigenvalue weighted by Crippen LogP contribution is 2.23. The lowest BCUT2D eigenvalue weighted by Crippen LogP contribution is -2.35. The summed E-state index contributed by atoms with van der Waals surface area (Å²) in [6, 6.07) is 11.3. The lowest BCUT2D eigenvalue weighted by molar-refractivity contribution is -0.112. The van der Waals surface area contributed by atoms with E-state index < -0.39 is 15.9 Å². The van der Waals surface area contributed by atoms with Gasteiger partial charge in [-0.3, -0.25) is 9.78 Å². The summed E-state index contributed by atoms with van der Waals surface area (Å²) in [6.45, 7) is 1.01. The highest BCUT2D eigenvalue weighted by atomic mass is 32.2. The lowest BCUT2D eigenvalue weighted by Gasteiger charge is -2.26. The Hall–Kier alpha value is -3.02. The molecule has 1 amide bonds. The van der Waals surface area contributed by atoms with Crippen LogP contribution in [0.5, 0.6) is 0 Å². The molecule has 7 nitrogen and oxygen atoms in total. The van der Waals surface area contributed by atoms with Gasteiger partial charge in [-0.05, 0) is 54.8 Å². The smallest absolute Gasteiger partial charge is 0.266 e. The molecule has 0 unspecified atom stereocenters. The summed E-state index contributed by atoms with van der Waals surface area (Å²) in [4.78, 5) is 16.5. The van der Waals surface area contributed by atoms with Gasteiger partial charge in [0.15, 0.2) is 0 Å². The van der Waals surface area contributed by atoms with Crippen LogP contribution in [0.2, 0.25) is 0 Å². The van der Waals surface area contributed by atoms with E-state index in [-0.39, 0.29) is 10.5 Å². The maximum atomic E-state index is 12.8. The van der Waals surface area contributed by atoms with Crippen molar-refractivity contribution in [1.29, 1.82) is 5.26 Å². The summed E-state index contributed by atoms with van der Waals surface area (Å²) in [5, 5.41) is 11.9. The molecule has 0 atom stereocenters. The van der Waals surface area contributed by atoms with Crippen molar-refractivity contribution in [3.05, 3.63) is 59.9 Å². The normalized spacial score (nSPS) is 15.6. The zero-order chi connectivity index (χ0) is 20.0. The molecule has 0 saturated carbocycles. The van der Waals surface area contributed by atoms with Crippen LogP contribution in [0.25, 0.3) is 6.08 Å². The molecule has 1 N–H and O–H groups in total. The number of hydrogen-bond donors (Lipinski definition) is 1. The number of nitrogens with one attached hydrogen (secondary N) is 1. The molecule has 0 spiro atoms. The number of hydrogen-bond acceptors (Lipinski definition) is 5. The van der Waals surface area contributed by atoms with Gasteiger partial charge >= 0.3 is 0 Å². The van der Waals surface area contributed by atoms with Crippen molar-refractivity contribution in [3.8, 4) is 6.07 Å². The quantitative estimate of drug-likeness (QED) is 0.618. The number of sulfonamides is 1. The van der Waals surface area contributed by atoms with Gasteiger partial charge in [-0.25, -0.2) is 8.42 Å². The van der Waals surface area contributed by atoms with Crippen LogP contribution in [-0.2, 0) is 14.8 Å². The molecule has 0 aliphatic carbocycles. The molecule has 1 aromatic carbocycles. The molecular weight excluding hydrogens is 376 g/mol. The number of pyridine rings is 1. The number of piperidine rings is 1. The Kier molecular flexibility index (Phi) is 6.19. The molecule has 1 aliphatic heterocycles. The molecule has 1 aliphatic rings. The van der Waals surface area contributed by atoms with Crippen LogP contribution in [0.3, 0.4) is 0 Å². The Labute approximate surface area is 164 Å². The number of amides is 1. The molecular formula is C20H20N4O3S. The van der Waals surface area contributed by atoms with Crippen molar-refractivity contribution in [2.24, 2.45) is 0 Å². The van der Waals surface area contributed by atoms with Crippen molar-refractivity contribution in [3.63, 3.8) is 0 Å². The largest absolute Gasteiger partial charge is 0.321 e. The molecule has 2 aromatic rings. The summed E-state index contributed by atoms with van der Waals surface area (Å²) >= 11 is 0. The summed E-state index contributed by atoms with van der Waals surface area (Å²) in [6.07, 6.45) is 7.30. The molecule has 1 fully saturated rings. The van der Waals surface area contributed by atoms with Gasteiger partial charge < -0.3 is 5.32 Å². The van der Waals surface area contributed by atoms with Crippen molar-refractivity contribution < 1.29 is 13.2 Å². The molecule has 0 bridgehead atoms. The first-order valence-corrected chi connectivity index (χ1v) is 10.4. The Bertz CT molecular complexity index is 1020. The second-order valence-electron chi connectivity index (χ2n) is 6.40. The van der Waals surface area contributed by atoms with Crippen LogP contribution in [0, 0.1) is 11.3 Å². The Morgan fingerprint density at radius 1 is 1.14 bits per heavy atom. The Morgan fingerprint density at radius 2 is 1.86 bits per heavy atom. The minimum absolute atomic E-state index is 0.0875. The van der Waals surface area contributed by atoms with Crippen molar-refractivity contribution in [1.82, 2.24) is 9.29 Å². The van der Waals surface area contributed by atoms with E-state index in [2.05, 4.69) is 10.3 Å². The topological polar surface area (TPSA) is 103 Å². The van der Waals surface area contributed by atoms with E-state index in [0.717, 1.165) is 19.3 Å². The van der Waals surface area contributed by atoms with Gasteiger partial charge in [-0.2, -0.15) is 9.57 Å². The van der Waals surface area contributed by atoms with Crippen molar-refractivity contribution in [2.75, 3.05) is 18.4 Å². The number of carbonyl (C=O) groups is 1. The molecule has 3 rings (SSSR count). The summed E-state index contributed by atoms with van der Waals surface area (Å²) < 4.78 is 27.1. The van der Waals surface area contributed by atoms with Gasteiger partial charge in [0.1, 0.15) is 11.6 Å². The van der Waals surface area contributed by atoms with Crippen molar-refractivity contribution >= 4 is 27.7 Å². The number of nitrogens with zero attached hydrogens (tertiary/aromatic N) is 3. The fourth-order valence-electron chi connectivity index (χ4n) is 2.96. The third-order valence-electron chi connectivity index (χ3n) is 4.43. The molecule has 1 saturated heterocycles. The van der Waals surface area contributed by atoms with E-state index in [9.17, 15) is 18.5 Å². The monoisotopic (exact) mass is 396 g/mol. The first-order chi connectivity index (χ1) is 13.5. The van der Waals surface area contributed by atoms with Gasteiger partial charge in [-0.1, -0.05) is 12.5 Å². The molecule has 8 heteroatoms. The summed E-state index contributed by atoms with van der Waals surface area (Å²) in [5.41, 5.74) is 0.901. The maximum Gasteiger partial charge on any atom is 0.266 e. The van der Waals surface area contributed by atoms with Crippen LogP contribution >= 0.6 is 0 Å². The molecule has 2 heterocycles. The first kappa shape index (κ1) is 19.7. The van der Waals surface area contributed by atoms with E-state index in [1.165, 1.54) is 22.5 Å². The summed E-state index contributed by atoms with van der Waals surface area (Å²) in [7, 11) is -3.60. The number of nitriles is 1. The van der Waals surface area contributed by atoms with Gasteiger partial charge in [0.2, 0.25) is 10.0 Å². The van der Waals surface area contributed by atoms with Gasteiger partial charge in [-0.15, -0.1) is 0 Å². The lowest BCUT2D eigenvalue weighted by atomic mass is 10.1. The highest BCUT2D eigenvalue weighted by Gasteiger charge is 2.26. The van der Waals surface area contributed by atoms with Crippen LogP contribution in [-0.4, -0.2) is 36.7 Å². The average molecular weight is 396 g/mol. The number of aromatic nitrogens is 1. The minimum Gasteiger partial charge on any atom is -0.321 e. The maximum absolute atomic E-state index is 12.8. The average Bonchev–Trinajstić information content (AvgIpc) is 2.73. The number of rotatable bonds is 5. The standard InChI is InChI=1S/C20H20N4O3S/c21-15-17(13-16-7-9-22-10-8-16)20(25)23-18-5-4-6-19(14-18)28(26,27)24-11-2-1-3-12-24/h4-10,13-14H,1-3,11-12H2,(H,23,25). The summed E-state index contributed by atoms with van der Waals surface area (Å²) in [5.74, 6) is -0.605. The van der Waals surface area contributed by atoms with Gasteiger partial charge in [0.05, 0.1) is 4.90 Å². The van der Waals surface area contributed by atoms with E-state index in [4.69, 9.17) is 0 Å².